The summed E-state index contributed by atoms with van der Waals surface area (Å²) in [5, 5.41) is 3.07. The lowest BCUT2D eigenvalue weighted by Gasteiger charge is -2.11. The first-order valence-corrected chi connectivity index (χ1v) is 7.35. The largest absolute Gasteiger partial charge is 0.351 e. The van der Waals surface area contributed by atoms with E-state index in [1.54, 1.807) is 13.0 Å². The van der Waals surface area contributed by atoms with Gasteiger partial charge in [-0.1, -0.05) is 0 Å². The Hall–Kier alpha value is -1.90. The Balaban J connectivity index is 0.00000288. The molecule has 1 unspecified atom stereocenters. The second-order valence-corrected chi connectivity index (χ2v) is 5.75. The quantitative estimate of drug-likeness (QED) is 0.775. The number of pyridine rings is 1. The van der Waals surface area contributed by atoms with Gasteiger partial charge in [0.25, 0.3) is 11.5 Å². The number of hydrogen-bond donors (Lipinski definition) is 2. The van der Waals surface area contributed by atoms with Crippen LogP contribution in [-0.2, 0) is 14.1 Å². The summed E-state index contributed by atoms with van der Waals surface area (Å²) in [6, 6.07) is 1.54. The van der Waals surface area contributed by atoms with E-state index in [1.807, 2.05) is 6.92 Å². The fraction of sp³-hybridized carbons (Fsp3) is 0.467. The molecule has 0 aliphatic heterocycles. The minimum Gasteiger partial charge on any atom is -0.351 e. The van der Waals surface area contributed by atoms with Gasteiger partial charge in [0.05, 0.1) is 5.39 Å². The van der Waals surface area contributed by atoms with Crippen LogP contribution in [0.2, 0.25) is 0 Å². The van der Waals surface area contributed by atoms with Crippen molar-refractivity contribution < 1.29 is 4.79 Å². The summed E-state index contributed by atoms with van der Waals surface area (Å²) in [6.45, 7) is 4.01. The Bertz CT molecular complexity index is 889. The van der Waals surface area contributed by atoms with Crippen LogP contribution in [0.5, 0.6) is 0 Å². The monoisotopic (exact) mass is 391 g/mol. The number of fused-ring (bicyclic) bond motifs is 1. The topological polar surface area (TPSA) is 112 Å². The Morgan fingerprint density at radius 2 is 1.88 bits per heavy atom. The summed E-state index contributed by atoms with van der Waals surface area (Å²) in [6.07, 6.45) is 0.650. The molecule has 2 aromatic heterocycles. The predicted octanol–water partition coefficient (Wildman–Crippen LogP) is 0.251. The molecule has 0 saturated carbocycles. The van der Waals surface area contributed by atoms with Crippen LogP contribution < -0.4 is 22.3 Å². The molecule has 0 aliphatic rings. The number of aromatic nitrogens is 3. The number of rotatable bonds is 4. The van der Waals surface area contributed by atoms with Gasteiger partial charge in [0, 0.05) is 26.7 Å². The van der Waals surface area contributed by atoms with Gasteiger partial charge < -0.3 is 11.1 Å². The van der Waals surface area contributed by atoms with E-state index < -0.39 is 11.2 Å². The molecule has 10 heteroatoms. The number of nitrogens with zero attached hydrogens (tertiary/aromatic N) is 3. The summed E-state index contributed by atoms with van der Waals surface area (Å²) in [7, 11) is 2.94. The molecule has 8 nitrogen and oxygen atoms in total. The van der Waals surface area contributed by atoms with Crippen LogP contribution >= 0.6 is 24.8 Å². The average Bonchev–Trinajstić information content (AvgIpc) is 2.49. The van der Waals surface area contributed by atoms with E-state index in [-0.39, 0.29) is 48.1 Å². The normalized spacial score (nSPS) is 11.4. The van der Waals surface area contributed by atoms with Crippen molar-refractivity contribution in [3.8, 4) is 0 Å². The summed E-state index contributed by atoms with van der Waals surface area (Å²) < 4.78 is 2.29. The fourth-order valence-electron chi connectivity index (χ4n) is 2.35. The molecule has 0 aliphatic carbocycles. The van der Waals surface area contributed by atoms with Gasteiger partial charge in [0.15, 0.2) is 0 Å². The number of amides is 1. The van der Waals surface area contributed by atoms with Gasteiger partial charge in [0.1, 0.15) is 11.3 Å². The predicted molar refractivity (Wildman–Crippen MR) is 102 cm³/mol. The molecule has 1 atom stereocenters. The lowest BCUT2D eigenvalue weighted by Crippen LogP contribution is -2.38. The summed E-state index contributed by atoms with van der Waals surface area (Å²) in [5.74, 6) is -0.358. The highest BCUT2D eigenvalue weighted by molar-refractivity contribution is 5.95. The van der Waals surface area contributed by atoms with E-state index in [0.717, 1.165) is 4.57 Å². The number of carbonyl (C=O) groups is 1. The van der Waals surface area contributed by atoms with Gasteiger partial charge >= 0.3 is 5.69 Å². The molecule has 2 heterocycles. The molecule has 0 bridgehead atoms. The van der Waals surface area contributed by atoms with E-state index in [9.17, 15) is 14.4 Å². The Kier molecular flexibility index (Phi) is 8.30. The van der Waals surface area contributed by atoms with Gasteiger partial charge in [-0.25, -0.2) is 9.78 Å². The standard InChI is InChI=1S/C15H21N5O3.2ClH/c1-8-7-10(13(21)17-6-5-9(2)16)18-12-11(8)14(22)20(4)15(23)19(12)3;;/h7,9H,5-6,16H2,1-4H3,(H,17,21);2*1H. The minimum atomic E-state index is -0.482. The zero-order chi connectivity index (χ0) is 17.3. The van der Waals surface area contributed by atoms with Crippen molar-refractivity contribution in [3.63, 3.8) is 0 Å². The molecule has 25 heavy (non-hydrogen) atoms. The molecule has 2 aromatic rings. The second kappa shape index (κ2) is 8.98. The number of nitrogens with one attached hydrogen (secondary N) is 1. The fourth-order valence-corrected chi connectivity index (χ4v) is 2.35. The highest BCUT2D eigenvalue weighted by Crippen LogP contribution is 2.12. The Labute approximate surface area is 157 Å². The van der Waals surface area contributed by atoms with E-state index in [4.69, 9.17) is 5.73 Å². The van der Waals surface area contributed by atoms with Crippen molar-refractivity contribution in [2.24, 2.45) is 19.8 Å². The smallest absolute Gasteiger partial charge is 0.332 e. The van der Waals surface area contributed by atoms with E-state index in [0.29, 0.717) is 23.9 Å². The van der Waals surface area contributed by atoms with Crippen LogP contribution in [0.25, 0.3) is 11.0 Å². The van der Waals surface area contributed by atoms with Crippen LogP contribution in [0.15, 0.2) is 15.7 Å². The second-order valence-electron chi connectivity index (χ2n) is 5.75. The van der Waals surface area contributed by atoms with E-state index in [2.05, 4.69) is 10.3 Å². The van der Waals surface area contributed by atoms with Gasteiger partial charge in [-0.05, 0) is 31.9 Å². The van der Waals surface area contributed by atoms with Crippen molar-refractivity contribution >= 4 is 41.8 Å². The van der Waals surface area contributed by atoms with E-state index in [1.165, 1.54) is 18.7 Å². The van der Waals surface area contributed by atoms with Gasteiger partial charge in [-0.3, -0.25) is 18.7 Å². The zero-order valence-corrected chi connectivity index (χ0v) is 16.2. The lowest BCUT2D eigenvalue weighted by atomic mass is 10.1. The first-order valence-electron chi connectivity index (χ1n) is 7.35. The maximum absolute atomic E-state index is 12.2. The third-order valence-electron chi connectivity index (χ3n) is 3.73. The molecule has 0 aromatic carbocycles. The van der Waals surface area contributed by atoms with Gasteiger partial charge in [-0.2, -0.15) is 0 Å². The van der Waals surface area contributed by atoms with Crippen molar-refractivity contribution in [1.82, 2.24) is 19.4 Å². The summed E-state index contributed by atoms with van der Waals surface area (Å²) in [4.78, 5) is 40.6. The SMILES string of the molecule is Cc1cc(C(=O)NCCC(C)N)nc2c1c(=O)n(C)c(=O)n2C.Cl.Cl. The maximum Gasteiger partial charge on any atom is 0.332 e. The number of nitrogens with two attached hydrogens (primary N) is 1. The zero-order valence-electron chi connectivity index (χ0n) is 14.5. The van der Waals surface area contributed by atoms with Crippen molar-refractivity contribution in [2.75, 3.05) is 6.54 Å². The number of halogens is 2. The van der Waals surface area contributed by atoms with Crippen LogP contribution in [0.4, 0.5) is 0 Å². The minimum absolute atomic E-state index is 0. The van der Waals surface area contributed by atoms with Crippen molar-refractivity contribution in [2.45, 2.75) is 26.3 Å². The molecule has 0 spiro atoms. The number of hydrogen-bond acceptors (Lipinski definition) is 5. The molecular formula is C15H23Cl2N5O3. The number of aryl methyl sites for hydroxylation is 2. The summed E-state index contributed by atoms with van der Waals surface area (Å²) >= 11 is 0. The average molecular weight is 392 g/mol. The van der Waals surface area contributed by atoms with Crippen LogP contribution in [-0.4, -0.2) is 32.6 Å². The molecule has 140 valence electrons. The van der Waals surface area contributed by atoms with Crippen LogP contribution in [0, 0.1) is 6.92 Å². The van der Waals surface area contributed by atoms with E-state index >= 15 is 0 Å². The first kappa shape index (κ1) is 23.1. The van der Waals surface area contributed by atoms with Gasteiger partial charge in [0.2, 0.25) is 0 Å². The Morgan fingerprint density at radius 1 is 1.28 bits per heavy atom. The summed E-state index contributed by atoms with van der Waals surface area (Å²) in [5.41, 5.74) is 5.71. The maximum atomic E-state index is 12.2. The third-order valence-corrected chi connectivity index (χ3v) is 3.73. The number of carbonyl (C=O) groups excluding carboxylic acids is 1. The third kappa shape index (κ3) is 4.59. The molecule has 2 rings (SSSR count). The van der Waals surface area contributed by atoms with Crippen LogP contribution in [0.1, 0.15) is 29.4 Å². The first-order chi connectivity index (χ1) is 10.7. The molecule has 0 saturated heterocycles. The molecular weight excluding hydrogens is 369 g/mol. The lowest BCUT2D eigenvalue weighted by molar-refractivity contribution is 0.0948. The molecule has 1 amide bonds. The Morgan fingerprint density at radius 3 is 2.44 bits per heavy atom. The molecule has 3 N–H and O–H groups in total. The highest BCUT2D eigenvalue weighted by atomic mass is 35.5. The van der Waals surface area contributed by atoms with Crippen LogP contribution in [0.3, 0.4) is 0 Å². The van der Waals surface area contributed by atoms with Gasteiger partial charge in [-0.15, -0.1) is 24.8 Å². The van der Waals surface area contributed by atoms with Crippen molar-refractivity contribution in [3.05, 3.63) is 38.2 Å². The highest BCUT2D eigenvalue weighted by Gasteiger charge is 2.16. The van der Waals surface area contributed by atoms with Crippen molar-refractivity contribution in [1.29, 1.82) is 0 Å². The molecule has 0 fully saturated rings. The molecule has 0 radical (unpaired) electrons.